The van der Waals surface area contributed by atoms with Gasteiger partial charge < -0.3 is 24.1 Å². The number of methoxy groups -OCH3 is 2. The normalized spacial score (nSPS) is 13.1. The van der Waals surface area contributed by atoms with Crippen LogP contribution in [0.25, 0.3) is 16.8 Å². The minimum absolute atomic E-state index is 0.667. The third-order valence-electron chi connectivity index (χ3n) is 6.22. The molecule has 1 aliphatic heterocycles. The van der Waals surface area contributed by atoms with E-state index in [9.17, 15) is 0 Å². The van der Waals surface area contributed by atoms with Crippen molar-refractivity contribution in [2.24, 2.45) is 0 Å². The maximum atomic E-state index is 5.54. The van der Waals surface area contributed by atoms with Crippen LogP contribution in [-0.2, 0) is 19.5 Å². The Morgan fingerprint density at radius 2 is 1.82 bits per heavy atom. The van der Waals surface area contributed by atoms with Gasteiger partial charge in [0.2, 0.25) is 0 Å². The number of rotatable bonds is 8. The number of nitrogens with zero attached hydrogens (tertiary/aromatic N) is 3. The molecule has 0 aliphatic carbocycles. The lowest BCUT2D eigenvalue weighted by molar-refractivity contribution is 0.340. The van der Waals surface area contributed by atoms with E-state index in [1.807, 2.05) is 47.8 Å². The fraction of sp³-hybridized carbons (Fsp3) is 0.346. The molecule has 1 aliphatic rings. The summed E-state index contributed by atoms with van der Waals surface area (Å²) in [5.74, 6) is 3.40. The van der Waals surface area contributed by atoms with E-state index >= 15 is 0 Å². The quantitative estimate of drug-likeness (QED) is 0.405. The van der Waals surface area contributed by atoms with Crippen molar-refractivity contribution in [3.8, 4) is 28.4 Å². The molecule has 1 N–H and O–H groups in total. The zero-order valence-corrected chi connectivity index (χ0v) is 19.4. The molecular weight excluding hydrogens is 416 g/mol. The Hall–Kier alpha value is -3.61. The number of hydrogen-bond donors (Lipinski definition) is 1. The molecule has 4 aromatic rings. The second kappa shape index (κ2) is 9.10. The van der Waals surface area contributed by atoms with Crippen molar-refractivity contribution in [3.63, 3.8) is 0 Å². The summed E-state index contributed by atoms with van der Waals surface area (Å²) in [4.78, 5) is 0. The van der Waals surface area contributed by atoms with E-state index in [0.29, 0.717) is 13.2 Å². The number of anilines is 1. The van der Waals surface area contributed by atoms with Gasteiger partial charge in [-0.1, -0.05) is 6.07 Å². The molecule has 0 fully saturated rings. The summed E-state index contributed by atoms with van der Waals surface area (Å²) in [5, 5.41) is 8.46. The smallest absolute Gasteiger partial charge is 0.161 e. The summed E-state index contributed by atoms with van der Waals surface area (Å²) in [5.41, 5.74) is 5.93. The van der Waals surface area contributed by atoms with Gasteiger partial charge in [0.1, 0.15) is 11.4 Å². The maximum Gasteiger partial charge on any atom is 0.161 e. The summed E-state index contributed by atoms with van der Waals surface area (Å²) < 4.78 is 20.9. The van der Waals surface area contributed by atoms with Gasteiger partial charge in [0, 0.05) is 29.6 Å². The van der Waals surface area contributed by atoms with Crippen LogP contribution >= 0.6 is 0 Å². The second-order valence-electron chi connectivity index (χ2n) is 8.20. The van der Waals surface area contributed by atoms with Crippen molar-refractivity contribution in [1.29, 1.82) is 0 Å². The van der Waals surface area contributed by atoms with Crippen molar-refractivity contribution < 1.29 is 14.2 Å². The number of benzene rings is 2. The van der Waals surface area contributed by atoms with Gasteiger partial charge in [0.05, 0.1) is 27.4 Å². The Bertz CT molecular complexity index is 1260. The summed E-state index contributed by atoms with van der Waals surface area (Å²) >= 11 is 0. The zero-order valence-electron chi connectivity index (χ0n) is 19.4. The molecule has 0 saturated heterocycles. The van der Waals surface area contributed by atoms with E-state index in [0.717, 1.165) is 60.1 Å². The molecule has 0 spiro atoms. The predicted molar refractivity (Wildman–Crippen MR) is 130 cm³/mol. The van der Waals surface area contributed by atoms with E-state index in [1.165, 1.54) is 16.8 Å². The molecule has 2 aromatic heterocycles. The highest BCUT2D eigenvalue weighted by Gasteiger charge is 2.22. The van der Waals surface area contributed by atoms with E-state index in [1.54, 1.807) is 14.2 Å². The lowest BCUT2D eigenvalue weighted by atomic mass is 10.0. The van der Waals surface area contributed by atoms with Gasteiger partial charge >= 0.3 is 0 Å². The van der Waals surface area contributed by atoms with Crippen LogP contribution in [0.5, 0.6) is 17.2 Å². The Balaban J connectivity index is 1.46. The molecule has 0 saturated carbocycles. The Morgan fingerprint density at radius 3 is 2.58 bits per heavy atom. The summed E-state index contributed by atoms with van der Waals surface area (Å²) in [7, 11) is 3.33. The van der Waals surface area contributed by atoms with Crippen LogP contribution in [0, 0.1) is 0 Å². The molecule has 0 radical (unpaired) electrons. The number of nitrogens with one attached hydrogen (secondary N) is 1. The third-order valence-corrected chi connectivity index (χ3v) is 6.22. The van der Waals surface area contributed by atoms with E-state index < -0.39 is 0 Å². The highest BCUT2D eigenvalue weighted by Crippen LogP contribution is 2.37. The van der Waals surface area contributed by atoms with Crippen molar-refractivity contribution in [3.05, 3.63) is 60.0 Å². The van der Waals surface area contributed by atoms with Gasteiger partial charge in [-0.05, 0) is 68.1 Å². The minimum Gasteiger partial charge on any atom is -0.494 e. The van der Waals surface area contributed by atoms with Crippen LogP contribution in [0.15, 0.2) is 48.7 Å². The van der Waals surface area contributed by atoms with Crippen LogP contribution in [0.1, 0.15) is 31.2 Å². The van der Waals surface area contributed by atoms with Gasteiger partial charge in [-0.3, -0.25) is 0 Å². The SMILES string of the molecule is CCOc1ccc(NCc2nn3cc(-c4ccc(OC)c(OC)c4)c4c3n2CCCC4)cc1. The zero-order chi connectivity index (χ0) is 22.8. The van der Waals surface area contributed by atoms with E-state index in [2.05, 4.69) is 22.1 Å². The highest BCUT2D eigenvalue weighted by atomic mass is 16.5. The lowest BCUT2D eigenvalue weighted by Gasteiger charge is -2.11. The first-order valence-corrected chi connectivity index (χ1v) is 11.5. The van der Waals surface area contributed by atoms with Gasteiger partial charge in [-0.2, -0.15) is 5.10 Å². The van der Waals surface area contributed by atoms with E-state index in [4.69, 9.17) is 19.3 Å². The van der Waals surface area contributed by atoms with Gasteiger partial charge in [0.25, 0.3) is 0 Å². The average Bonchev–Trinajstić information content (AvgIpc) is 3.27. The molecule has 2 aromatic carbocycles. The Labute approximate surface area is 193 Å². The molecule has 0 amide bonds. The molecule has 0 bridgehead atoms. The first-order chi connectivity index (χ1) is 16.2. The Kier molecular flexibility index (Phi) is 5.86. The summed E-state index contributed by atoms with van der Waals surface area (Å²) in [6.45, 7) is 4.31. The summed E-state index contributed by atoms with van der Waals surface area (Å²) in [6, 6.07) is 14.2. The van der Waals surface area contributed by atoms with E-state index in [-0.39, 0.29) is 0 Å². The van der Waals surface area contributed by atoms with Gasteiger partial charge in [0.15, 0.2) is 17.3 Å². The summed E-state index contributed by atoms with van der Waals surface area (Å²) in [6.07, 6.45) is 5.49. The van der Waals surface area contributed by atoms with Crippen LogP contribution in [-0.4, -0.2) is 35.0 Å². The van der Waals surface area contributed by atoms with Crippen molar-refractivity contribution >= 4 is 11.3 Å². The maximum absolute atomic E-state index is 5.54. The molecule has 0 unspecified atom stereocenters. The van der Waals surface area contributed by atoms with Gasteiger partial charge in [-0.25, -0.2) is 4.52 Å². The van der Waals surface area contributed by atoms with Crippen LogP contribution in [0.4, 0.5) is 5.69 Å². The number of hydrogen-bond acceptors (Lipinski definition) is 5. The third kappa shape index (κ3) is 3.99. The molecule has 3 heterocycles. The fourth-order valence-electron chi connectivity index (χ4n) is 4.64. The molecule has 0 atom stereocenters. The van der Waals surface area contributed by atoms with Crippen molar-refractivity contribution in [2.45, 2.75) is 39.3 Å². The molecule has 33 heavy (non-hydrogen) atoms. The topological polar surface area (TPSA) is 62.0 Å². The van der Waals surface area contributed by atoms with Crippen LogP contribution in [0.2, 0.25) is 0 Å². The number of aromatic nitrogens is 3. The number of ether oxygens (including phenoxy) is 3. The molecular formula is C26H30N4O3. The lowest BCUT2D eigenvalue weighted by Crippen LogP contribution is -2.09. The van der Waals surface area contributed by atoms with Crippen LogP contribution in [0.3, 0.4) is 0 Å². The molecule has 172 valence electrons. The molecule has 7 heteroatoms. The highest BCUT2D eigenvalue weighted by molar-refractivity contribution is 5.77. The first-order valence-electron chi connectivity index (χ1n) is 11.5. The molecule has 7 nitrogen and oxygen atoms in total. The van der Waals surface area contributed by atoms with Crippen molar-refractivity contribution in [2.75, 3.05) is 26.1 Å². The predicted octanol–water partition coefficient (Wildman–Crippen LogP) is 5.17. The Morgan fingerprint density at radius 1 is 1.00 bits per heavy atom. The molecule has 5 rings (SSSR count). The van der Waals surface area contributed by atoms with Crippen LogP contribution < -0.4 is 19.5 Å². The second-order valence-corrected chi connectivity index (χ2v) is 8.20. The largest absolute Gasteiger partial charge is 0.494 e. The average molecular weight is 447 g/mol. The van der Waals surface area contributed by atoms with Crippen molar-refractivity contribution in [1.82, 2.24) is 14.2 Å². The standard InChI is InChI=1S/C26H30N4O3/c1-4-33-20-11-9-19(10-12-20)27-16-25-28-30-17-22(21-7-5-6-14-29(25)26(21)30)18-8-13-23(31-2)24(15-18)32-3/h8-13,15,17,27H,4-7,14,16H2,1-3H3. The monoisotopic (exact) mass is 446 g/mol. The fourth-order valence-corrected chi connectivity index (χ4v) is 4.64. The minimum atomic E-state index is 0.667. The number of aryl methyl sites for hydroxylation is 2. The first kappa shape index (κ1) is 21.2. The van der Waals surface area contributed by atoms with Gasteiger partial charge in [-0.15, -0.1) is 0 Å².